The van der Waals surface area contributed by atoms with Crippen LogP contribution in [0.15, 0.2) is 24.4 Å². The zero-order valence-electron chi connectivity index (χ0n) is 16.1. The Balaban J connectivity index is 0.00000225. The summed E-state index contributed by atoms with van der Waals surface area (Å²) in [7, 11) is 0. The van der Waals surface area contributed by atoms with E-state index in [9.17, 15) is 4.79 Å². The third kappa shape index (κ3) is 4.69. The maximum atomic E-state index is 12.8. The summed E-state index contributed by atoms with van der Waals surface area (Å²) >= 11 is 6.29. The van der Waals surface area contributed by atoms with Crippen LogP contribution in [0.2, 0.25) is 5.02 Å². The Labute approximate surface area is 177 Å². The van der Waals surface area contributed by atoms with Crippen LogP contribution in [0, 0.1) is 6.92 Å². The molecule has 0 radical (unpaired) electrons. The van der Waals surface area contributed by atoms with Crippen molar-refractivity contribution < 1.29 is 4.79 Å². The molecule has 2 N–H and O–H groups in total. The molecule has 1 aromatic carbocycles. The Hall–Kier alpha value is -1.60. The lowest BCUT2D eigenvalue weighted by molar-refractivity contribution is 0.0946. The van der Waals surface area contributed by atoms with E-state index >= 15 is 0 Å². The zero-order valence-corrected chi connectivity index (χ0v) is 17.7. The summed E-state index contributed by atoms with van der Waals surface area (Å²) in [4.78, 5) is 15.2. The maximum Gasteiger partial charge on any atom is 0.254 e. The molecule has 1 aliphatic carbocycles. The second-order valence-electron chi connectivity index (χ2n) is 7.41. The molecule has 0 spiro atoms. The second-order valence-corrected chi connectivity index (χ2v) is 7.82. The minimum atomic E-state index is -0.0310. The molecule has 0 bridgehead atoms. The van der Waals surface area contributed by atoms with Crippen molar-refractivity contribution in [2.75, 3.05) is 39.3 Å². The number of halogens is 2. The molecule has 152 valence electrons. The fourth-order valence-corrected chi connectivity index (χ4v) is 3.73. The van der Waals surface area contributed by atoms with E-state index in [2.05, 4.69) is 20.6 Å². The van der Waals surface area contributed by atoms with Gasteiger partial charge >= 0.3 is 0 Å². The first-order chi connectivity index (χ1) is 13.1. The highest BCUT2D eigenvalue weighted by Gasteiger charge is 2.33. The van der Waals surface area contributed by atoms with Gasteiger partial charge in [0.25, 0.3) is 5.91 Å². The lowest BCUT2D eigenvalue weighted by atomic mass is 10.1. The van der Waals surface area contributed by atoms with E-state index in [0.29, 0.717) is 23.0 Å². The molecule has 1 amide bonds. The van der Waals surface area contributed by atoms with Gasteiger partial charge in [-0.15, -0.1) is 12.4 Å². The monoisotopic (exact) mass is 423 g/mol. The fourth-order valence-electron chi connectivity index (χ4n) is 3.56. The van der Waals surface area contributed by atoms with Gasteiger partial charge in [-0.05, 0) is 37.5 Å². The topological polar surface area (TPSA) is 62.2 Å². The van der Waals surface area contributed by atoms with Crippen molar-refractivity contribution in [3.05, 3.63) is 46.2 Å². The van der Waals surface area contributed by atoms with Crippen LogP contribution in [0.5, 0.6) is 0 Å². The number of nitrogens with one attached hydrogen (secondary N) is 2. The van der Waals surface area contributed by atoms with E-state index in [1.807, 2.05) is 29.8 Å². The van der Waals surface area contributed by atoms with Gasteiger partial charge in [0.15, 0.2) is 0 Å². The number of hydrogen-bond acceptors (Lipinski definition) is 4. The summed E-state index contributed by atoms with van der Waals surface area (Å²) in [5.41, 5.74) is 3.64. The lowest BCUT2D eigenvalue weighted by Crippen LogP contribution is -2.46. The Morgan fingerprint density at radius 2 is 2.07 bits per heavy atom. The molecule has 2 heterocycles. The molecule has 1 saturated carbocycles. The number of aromatic nitrogens is 2. The van der Waals surface area contributed by atoms with E-state index in [1.165, 1.54) is 0 Å². The van der Waals surface area contributed by atoms with Gasteiger partial charge in [-0.1, -0.05) is 17.7 Å². The first kappa shape index (κ1) is 21.1. The summed E-state index contributed by atoms with van der Waals surface area (Å²) in [6.07, 6.45) is 3.90. The maximum absolute atomic E-state index is 12.8. The molecule has 8 heteroatoms. The molecule has 6 nitrogen and oxygen atoms in total. The second kappa shape index (κ2) is 9.27. The normalized spacial score (nSPS) is 17.2. The summed E-state index contributed by atoms with van der Waals surface area (Å²) in [5, 5.41) is 11.6. The Bertz CT molecular complexity index is 828. The van der Waals surface area contributed by atoms with Gasteiger partial charge in [-0.3, -0.25) is 9.69 Å². The number of aryl methyl sites for hydroxylation is 1. The highest BCUT2D eigenvalue weighted by molar-refractivity contribution is 6.31. The van der Waals surface area contributed by atoms with Gasteiger partial charge in [0.2, 0.25) is 0 Å². The number of nitrogens with zero attached hydrogens (tertiary/aromatic N) is 3. The number of amides is 1. The molecular formula is C20H27Cl2N5O. The van der Waals surface area contributed by atoms with E-state index < -0.39 is 0 Å². The quantitative estimate of drug-likeness (QED) is 0.749. The van der Waals surface area contributed by atoms with Crippen molar-refractivity contribution >= 4 is 29.9 Å². The Morgan fingerprint density at radius 1 is 1.32 bits per heavy atom. The smallest absolute Gasteiger partial charge is 0.254 e. The number of carbonyl (C=O) groups is 1. The fraction of sp³-hybridized carbons (Fsp3) is 0.500. The number of hydrogen-bond donors (Lipinski definition) is 2. The molecule has 1 aromatic heterocycles. The van der Waals surface area contributed by atoms with Crippen molar-refractivity contribution in [3.8, 4) is 5.69 Å². The standard InChI is InChI=1S/C20H26ClN5O.ClH/c1-14-2-5-16(12-18(14)21)26-19(15-3-4-15)17(13-24-26)20(27)23-8-11-25-9-6-22-7-10-25;/h2,5,12-13,15,22H,3-4,6-11H2,1H3,(H,23,27);1H. The van der Waals surface area contributed by atoms with Gasteiger partial charge in [0.05, 0.1) is 23.1 Å². The lowest BCUT2D eigenvalue weighted by Gasteiger charge is -2.27. The SMILES string of the molecule is Cc1ccc(-n2ncc(C(=O)NCCN3CCNCC3)c2C2CC2)cc1Cl.Cl. The van der Waals surface area contributed by atoms with E-state index in [1.54, 1.807) is 6.20 Å². The minimum Gasteiger partial charge on any atom is -0.351 e. The van der Waals surface area contributed by atoms with Crippen LogP contribution in [-0.4, -0.2) is 59.9 Å². The highest BCUT2D eigenvalue weighted by Crippen LogP contribution is 2.42. The van der Waals surface area contributed by atoms with Crippen LogP contribution < -0.4 is 10.6 Å². The molecule has 2 aliphatic rings. The average Bonchev–Trinajstić information content (AvgIpc) is 3.42. The third-order valence-corrected chi connectivity index (χ3v) is 5.75. The van der Waals surface area contributed by atoms with Gasteiger partial charge in [0.1, 0.15) is 0 Å². The number of benzene rings is 1. The van der Waals surface area contributed by atoms with Crippen molar-refractivity contribution in [2.45, 2.75) is 25.7 Å². The van der Waals surface area contributed by atoms with Gasteiger partial charge in [-0.25, -0.2) is 4.68 Å². The molecule has 4 rings (SSSR count). The predicted molar refractivity (Wildman–Crippen MR) is 114 cm³/mol. The summed E-state index contributed by atoms with van der Waals surface area (Å²) in [6, 6.07) is 5.91. The molecule has 1 saturated heterocycles. The highest BCUT2D eigenvalue weighted by atomic mass is 35.5. The zero-order chi connectivity index (χ0) is 18.8. The summed E-state index contributed by atoms with van der Waals surface area (Å²) < 4.78 is 1.88. The van der Waals surface area contributed by atoms with Gasteiger partial charge in [-0.2, -0.15) is 5.10 Å². The molecular weight excluding hydrogens is 397 g/mol. The van der Waals surface area contributed by atoms with Crippen molar-refractivity contribution in [2.24, 2.45) is 0 Å². The van der Waals surface area contributed by atoms with Crippen LogP contribution in [0.4, 0.5) is 0 Å². The number of carbonyl (C=O) groups excluding carboxylic acids is 1. The average molecular weight is 424 g/mol. The van der Waals surface area contributed by atoms with E-state index in [4.69, 9.17) is 11.6 Å². The molecule has 0 atom stereocenters. The first-order valence-corrected chi connectivity index (χ1v) is 10.1. The van der Waals surface area contributed by atoms with E-state index in [0.717, 1.165) is 62.5 Å². The molecule has 2 aromatic rings. The molecule has 28 heavy (non-hydrogen) atoms. The first-order valence-electron chi connectivity index (χ1n) is 9.69. The molecule has 2 fully saturated rings. The number of rotatable bonds is 6. The van der Waals surface area contributed by atoms with Crippen LogP contribution in [0.1, 0.15) is 40.4 Å². The van der Waals surface area contributed by atoms with Gasteiger partial charge < -0.3 is 10.6 Å². The van der Waals surface area contributed by atoms with Crippen LogP contribution in [-0.2, 0) is 0 Å². The van der Waals surface area contributed by atoms with Crippen molar-refractivity contribution in [3.63, 3.8) is 0 Å². The van der Waals surface area contributed by atoms with Crippen LogP contribution >= 0.6 is 24.0 Å². The minimum absolute atomic E-state index is 0. The predicted octanol–water partition coefficient (Wildman–Crippen LogP) is 2.77. The third-order valence-electron chi connectivity index (χ3n) is 5.34. The van der Waals surface area contributed by atoms with Crippen LogP contribution in [0.3, 0.4) is 0 Å². The largest absolute Gasteiger partial charge is 0.351 e. The Morgan fingerprint density at radius 3 is 2.75 bits per heavy atom. The molecule has 1 aliphatic heterocycles. The van der Waals surface area contributed by atoms with Gasteiger partial charge in [0, 0.05) is 50.2 Å². The van der Waals surface area contributed by atoms with Crippen molar-refractivity contribution in [1.29, 1.82) is 0 Å². The van der Waals surface area contributed by atoms with Crippen molar-refractivity contribution in [1.82, 2.24) is 25.3 Å². The Kier molecular flexibility index (Phi) is 6.99. The van der Waals surface area contributed by atoms with E-state index in [-0.39, 0.29) is 18.3 Å². The molecule has 0 unspecified atom stereocenters. The summed E-state index contributed by atoms with van der Waals surface area (Å²) in [5.74, 6) is 0.373. The number of piperazine rings is 1. The van der Waals surface area contributed by atoms with Crippen LogP contribution in [0.25, 0.3) is 5.69 Å². The summed E-state index contributed by atoms with van der Waals surface area (Å²) in [6.45, 7) is 7.63.